The zero-order valence-corrected chi connectivity index (χ0v) is 12.5. The van der Waals surface area contributed by atoms with Crippen molar-refractivity contribution < 1.29 is 0 Å². The maximum Gasteiger partial charge on any atom is 0.0705 e. The second-order valence-corrected chi connectivity index (χ2v) is 11.7. The molecular formula is C14H30P+. The van der Waals surface area contributed by atoms with Crippen molar-refractivity contribution in [2.45, 2.75) is 89.9 Å². The molecule has 0 amide bonds. The Labute approximate surface area is 97.6 Å². The SMILES string of the molecule is CC(C)[P+](C(C)C)(C(C)C)C1CCCC1. The summed E-state index contributed by atoms with van der Waals surface area (Å²) in [6, 6.07) is 0. The molecule has 0 heterocycles. The first-order chi connectivity index (χ1) is 6.94. The van der Waals surface area contributed by atoms with Gasteiger partial charge in [-0.05, 0) is 67.2 Å². The van der Waals surface area contributed by atoms with E-state index in [-0.39, 0.29) is 0 Å². The van der Waals surface area contributed by atoms with E-state index in [9.17, 15) is 0 Å². The zero-order chi connectivity index (χ0) is 11.6. The third kappa shape index (κ3) is 2.26. The molecule has 0 nitrogen and oxygen atoms in total. The van der Waals surface area contributed by atoms with Crippen molar-refractivity contribution in [2.24, 2.45) is 0 Å². The first-order valence-electron chi connectivity index (χ1n) is 6.81. The second kappa shape index (κ2) is 5.17. The van der Waals surface area contributed by atoms with E-state index in [1.165, 1.54) is 25.7 Å². The molecule has 0 aliphatic heterocycles. The Morgan fingerprint density at radius 1 is 0.733 bits per heavy atom. The number of rotatable bonds is 4. The first kappa shape index (κ1) is 13.5. The standard InChI is InChI=1S/C14H30P/c1-11(2)15(12(3)4,13(5)6)14-9-7-8-10-14/h11-14H,7-10H2,1-6H3/q+1. The smallest absolute Gasteiger partial charge is 0.0494 e. The highest BCUT2D eigenvalue weighted by Gasteiger charge is 2.53. The monoisotopic (exact) mass is 229 g/mol. The van der Waals surface area contributed by atoms with Crippen LogP contribution in [-0.4, -0.2) is 22.6 Å². The van der Waals surface area contributed by atoms with Gasteiger partial charge in [0.05, 0.1) is 22.6 Å². The maximum absolute atomic E-state index is 2.49. The summed E-state index contributed by atoms with van der Waals surface area (Å²) in [7, 11) is -0.760. The van der Waals surface area contributed by atoms with E-state index in [1.54, 1.807) is 0 Å². The summed E-state index contributed by atoms with van der Waals surface area (Å²) in [5.41, 5.74) is 3.89. The van der Waals surface area contributed by atoms with Crippen LogP contribution in [0.5, 0.6) is 0 Å². The van der Waals surface area contributed by atoms with Gasteiger partial charge < -0.3 is 0 Å². The Balaban J connectivity index is 3.00. The lowest BCUT2D eigenvalue weighted by Crippen LogP contribution is -2.31. The van der Waals surface area contributed by atoms with Gasteiger partial charge in [-0.15, -0.1) is 0 Å². The van der Waals surface area contributed by atoms with Crippen LogP contribution < -0.4 is 0 Å². The highest BCUT2D eigenvalue weighted by Crippen LogP contribution is 2.76. The topological polar surface area (TPSA) is 0 Å². The van der Waals surface area contributed by atoms with Gasteiger partial charge in [0.25, 0.3) is 0 Å². The summed E-state index contributed by atoms with van der Waals surface area (Å²) < 4.78 is 0. The molecule has 1 heteroatoms. The van der Waals surface area contributed by atoms with Crippen LogP contribution in [-0.2, 0) is 0 Å². The van der Waals surface area contributed by atoms with Crippen molar-refractivity contribution in [3.05, 3.63) is 0 Å². The fourth-order valence-corrected chi connectivity index (χ4v) is 11.8. The van der Waals surface area contributed by atoms with Crippen LogP contribution in [0.2, 0.25) is 0 Å². The zero-order valence-electron chi connectivity index (χ0n) is 11.6. The summed E-state index contributed by atoms with van der Waals surface area (Å²) in [6.07, 6.45) is 6.06. The van der Waals surface area contributed by atoms with E-state index in [4.69, 9.17) is 0 Å². The quantitative estimate of drug-likeness (QED) is 0.583. The second-order valence-electron chi connectivity index (χ2n) is 6.11. The Morgan fingerprint density at radius 3 is 1.33 bits per heavy atom. The Kier molecular flexibility index (Phi) is 4.65. The van der Waals surface area contributed by atoms with Gasteiger partial charge in [-0.3, -0.25) is 0 Å². The first-order valence-corrected chi connectivity index (χ1v) is 8.88. The normalized spacial score (nSPS) is 19.8. The van der Waals surface area contributed by atoms with Crippen LogP contribution in [0.25, 0.3) is 0 Å². The molecule has 0 aromatic carbocycles. The summed E-state index contributed by atoms with van der Waals surface area (Å²) in [5, 5.41) is 0. The van der Waals surface area contributed by atoms with E-state index >= 15 is 0 Å². The molecule has 1 aliphatic carbocycles. The largest absolute Gasteiger partial charge is 0.0705 e. The van der Waals surface area contributed by atoms with Crippen LogP contribution >= 0.6 is 7.26 Å². The molecule has 90 valence electrons. The van der Waals surface area contributed by atoms with Crippen LogP contribution in [0, 0.1) is 0 Å². The molecule has 0 radical (unpaired) electrons. The Morgan fingerprint density at radius 2 is 1.07 bits per heavy atom. The minimum absolute atomic E-state index is 0.760. The predicted octanol–water partition coefficient (Wildman–Crippen LogP) is 5.17. The summed E-state index contributed by atoms with van der Waals surface area (Å²) in [5.74, 6) is 0. The summed E-state index contributed by atoms with van der Waals surface area (Å²) in [4.78, 5) is 0. The highest BCUT2D eigenvalue weighted by atomic mass is 31.2. The molecule has 15 heavy (non-hydrogen) atoms. The molecule has 0 bridgehead atoms. The summed E-state index contributed by atoms with van der Waals surface area (Å²) in [6.45, 7) is 15.0. The molecule has 1 rings (SSSR count). The third-order valence-corrected chi connectivity index (χ3v) is 11.8. The minimum Gasteiger partial charge on any atom is -0.0494 e. The lowest BCUT2D eigenvalue weighted by molar-refractivity contribution is 0.793. The van der Waals surface area contributed by atoms with Gasteiger partial charge >= 0.3 is 0 Å². The fraction of sp³-hybridized carbons (Fsp3) is 1.00. The summed E-state index contributed by atoms with van der Waals surface area (Å²) >= 11 is 0. The van der Waals surface area contributed by atoms with Crippen LogP contribution in [0.15, 0.2) is 0 Å². The fourth-order valence-electron chi connectivity index (χ4n) is 4.41. The Bertz CT molecular complexity index is 166. The molecule has 0 N–H and O–H groups in total. The van der Waals surface area contributed by atoms with Gasteiger partial charge in [-0.25, -0.2) is 0 Å². The molecule has 1 fully saturated rings. The maximum atomic E-state index is 2.49. The van der Waals surface area contributed by atoms with Crippen molar-refractivity contribution in [1.29, 1.82) is 0 Å². The Hall–Kier alpha value is 0.430. The van der Waals surface area contributed by atoms with Crippen LogP contribution in [0.4, 0.5) is 0 Å². The molecule has 0 atom stereocenters. The van der Waals surface area contributed by atoms with Crippen molar-refractivity contribution >= 4 is 7.26 Å². The van der Waals surface area contributed by atoms with Crippen LogP contribution in [0.3, 0.4) is 0 Å². The van der Waals surface area contributed by atoms with E-state index in [0.717, 1.165) is 22.6 Å². The van der Waals surface area contributed by atoms with Crippen molar-refractivity contribution in [3.8, 4) is 0 Å². The van der Waals surface area contributed by atoms with Gasteiger partial charge in [0.15, 0.2) is 0 Å². The molecule has 1 saturated carbocycles. The molecule has 0 aromatic heterocycles. The van der Waals surface area contributed by atoms with Crippen LogP contribution in [0.1, 0.15) is 67.2 Å². The van der Waals surface area contributed by atoms with E-state index in [0.29, 0.717) is 0 Å². The average molecular weight is 229 g/mol. The molecule has 0 spiro atoms. The molecule has 0 aromatic rings. The third-order valence-electron chi connectivity index (χ3n) is 4.64. The van der Waals surface area contributed by atoms with Crippen molar-refractivity contribution in [3.63, 3.8) is 0 Å². The van der Waals surface area contributed by atoms with Gasteiger partial charge in [-0.2, -0.15) is 0 Å². The lowest BCUT2D eigenvalue weighted by atomic mass is 10.4. The van der Waals surface area contributed by atoms with Gasteiger partial charge in [0.2, 0.25) is 0 Å². The van der Waals surface area contributed by atoms with Crippen molar-refractivity contribution in [1.82, 2.24) is 0 Å². The van der Waals surface area contributed by atoms with E-state index < -0.39 is 7.26 Å². The molecule has 1 aliphatic rings. The lowest BCUT2D eigenvalue weighted by Gasteiger charge is -2.43. The molecule has 0 unspecified atom stereocenters. The van der Waals surface area contributed by atoms with Gasteiger partial charge in [-0.1, -0.05) is 0 Å². The van der Waals surface area contributed by atoms with E-state index in [2.05, 4.69) is 41.5 Å². The molecule has 0 saturated heterocycles. The van der Waals surface area contributed by atoms with E-state index in [1.807, 2.05) is 0 Å². The average Bonchev–Trinajstić information content (AvgIpc) is 2.55. The number of hydrogen-bond donors (Lipinski definition) is 0. The predicted molar refractivity (Wildman–Crippen MR) is 74.6 cm³/mol. The highest BCUT2D eigenvalue weighted by molar-refractivity contribution is 7.78. The molecular weight excluding hydrogens is 199 g/mol. The van der Waals surface area contributed by atoms with Gasteiger partial charge in [0, 0.05) is 7.26 Å². The van der Waals surface area contributed by atoms with Crippen molar-refractivity contribution in [2.75, 3.05) is 0 Å². The number of hydrogen-bond acceptors (Lipinski definition) is 0. The van der Waals surface area contributed by atoms with Gasteiger partial charge in [0.1, 0.15) is 0 Å². The minimum atomic E-state index is -0.760.